The SMILES string of the molecule is CCCNCc1cc(=O)[nH]c(Cc2ccccc2Br)n1. The summed E-state index contributed by atoms with van der Waals surface area (Å²) in [5.74, 6) is 0.692. The second-order valence-corrected chi connectivity index (χ2v) is 5.48. The van der Waals surface area contributed by atoms with Crippen molar-refractivity contribution in [2.75, 3.05) is 6.54 Å². The second-order valence-electron chi connectivity index (χ2n) is 4.63. The smallest absolute Gasteiger partial charge is 0.251 e. The van der Waals surface area contributed by atoms with Gasteiger partial charge in [-0.05, 0) is 24.6 Å². The number of nitrogens with zero attached hydrogens (tertiary/aromatic N) is 1. The van der Waals surface area contributed by atoms with E-state index in [9.17, 15) is 4.79 Å². The van der Waals surface area contributed by atoms with E-state index in [-0.39, 0.29) is 5.56 Å². The summed E-state index contributed by atoms with van der Waals surface area (Å²) in [7, 11) is 0. The van der Waals surface area contributed by atoms with E-state index in [0.29, 0.717) is 18.8 Å². The van der Waals surface area contributed by atoms with E-state index in [0.717, 1.165) is 28.7 Å². The zero-order valence-corrected chi connectivity index (χ0v) is 13.0. The van der Waals surface area contributed by atoms with Gasteiger partial charge in [0.05, 0.1) is 5.69 Å². The lowest BCUT2D eigenvalue weighted by molar-refractivity contribution is 0.658. The molecule has 0 aliphatic heterocycles. The predicted molar refractivity (Wildman–Crippen MR) is 83.8 cm³/mol. The van der Waals surface area contributed by atoms with Gasteiger partial charge in [-0.3, -0.25) is 4.79 Å². The Hall–Kier alpha value is -1.46. The molecule has 2 N–H and O–H groups in total. The predicted octanol–water partition coefficient (Wildman–Crippen LogP) is 2.62. The number of halogens is 1. The minimum Gasteiger partial charge on any atom is -0.311 e. The van der Waals surface area contributed by atoms with Crippen LogP contribution in [0.1, 0.15) is 30.4 Å². The number of hydrogen-bond donors (Lipinski definition) is 2. The molecule has 0 saturated carbocycles. The highest BCUT2D eigenvalue weighted by atomic mass is 79.9. The molecule has 20 heavy (non-hydrogen) atoms. The summed E-state index contributed by atoms with van der Waals surface area (Å²) in [6.45, 7) is 3.66. The van der Waals surface area contributed by atoms with Gasteiger partial charge >= 0.3 is 0 Å². The van der Waals surface area contributed by atoms with Crippen molar-refractivity contribution >= 4 is 15.9 Å². The van der Waals surface area contributed by atoms with Gasteiger partial charge in [0.25, 0.3) is 5.56 Å². The summed E-state index contributed by atoms with van der Waals surface area (Å²) < 4.78 is 1.03. The molecule has 4 nitrogen and oxygen atoms in total. The van der Waals surface area contributed by atoms with Gasteiger partial charge in [0.2, 0.25) is 0 Å². The lowest BCUT2D eigenvalue weighted by Gasteiger charge is -2.07. The number of hydrogen-bond acceptors (Lipinski definition) is 3. The van der Waals surface area contributed by atoms with Crippen LogP contribution >= 0.6 is 15.9 Å². The van der Waals surface area contributed by atoms with E-state index in [1.807, 2.05) is 24.3 Å². The van der Waals surface area contributed by atoms with E-state index in [2.05, 4.69) is 38.1 Å². The van der Waals surface area contributed by atoms with Crippen LogP contribution in [-0.2, 0) is 13.0 Å². The summed E-state index contributed by atoms with van der Waals surface area (Å²) in [6.07, 6.45) is 1.67. The molecule has 1 heterocycles. The van der Waals surface area contributed by atoms with Crippen molar-refractivity contribution < 1.29 is 0 Å². The lowest BCUT2D eigenvalue weighted by Crippen LogP contribution is -2.19. The molecule has 106 valence electrons. The highest BCUT2D eigenvalue weighted by Crippen LogP contribution is 2.17. The van der Waals surface area contributed by atoms with E-state index < -0.39 is 0 Å². The highest BCUT2D eigenvalue weighted by molar-refractivity contribution is 9.10. The molecule has 0 fully saturated rings. The van der Waals surface area contributed by atoms with Gasteiger partial charge in [0, 0.05) is 23.5 Å². The zero-order valence-electron chi connectivity index (χ0n) is 11.4. The van der Waals surface area contributed by atoms with Crippen LogP contribution in [0.2, 0.25) is 0 Å². The van der Waals surface area contributed by atoms with Crippen molar-refractivity contribution in [1.82, 2.24) is 15.3 Å². The summed E-state index contributed by atoms with van der Waals surface area (Å²) in [5.41, 5.74) is 1.79. The van der Waals surface area contributed by atoms with Gasteiger partial charge in [-0.1, -0.05) is 41.1 Å². The normalized spacial score (nSPS) is 10.7. The Morgan fingerprint density at radius 2 is 2.15 bits per heavy atom. The maximum atomic E-state index is 11.7. The Labute approximate surface area is 126 Å². The summed E-state index contributed by atoms with van der Waals surface area (Å²) >= 11 is 3.51. The quantitative estimate of drug-likeness (QED) is 0.798. The Morgan fingerprint density at radius 1 is 1.35 bits per heavy atom. The molecule has 0 aliphatic carbocycles. The van der Waals surface area contributed by atoms with Crippen LogP contribution in [-0.4, -0.2) is 16.5 Å². The average molecular weight is 336 g/mol. The Balaban J connectivity index is 2.16. The van der Waals surface area contributed by atoms with Crippen LogP contribution in [0.25, 0.3) is 0 Å². The maximum Gasteiger partial charge on any atom is 0.251 e. The first-order valence-corrected chi connectivity index (χ1v) is 7.51. The lowest BCUT2D eigenvalue weighted by atomic mass is 10.1. The van der Waals surface area contributed by atoms with Gasteiger partial charge in [-0.2, -0.15) is 0 Å². The van der Waals surface area contributed by atoms with Crippen LogP contribution in [0.3, 0.4) is 0 Å². The third-order valence-corrected chi connectivity index (χ3v) is 3.67. The molecule has 0 bridgehead atoms. The highest BCUT2D eigenvalue weighted by Gasteiger charge is 2.05. The Bertz CT molecular complexity index is 625. The Kier molecular flexibility index (Phi) is 5.49. The molecule has 0 saturated heterocycles. The first-order chi connectivity index (χ1) is 9.69. The number of aromatic amines is 1. The average Bonchev–Trinajstić information content (AvgIpc) is 2.41. The summed E-state index contributed by atoms with van der Waals surface area (Å²) in [5, 5.41) is 3.26. The summed E-state index contributed by atoms with van der Waals surface area (Å²) in [4.78, 5) is 19.0. The molecule has 1 aromatic heterocycles. The van der Waals surface area contributed by atoms with Crippen molar-refractivity contribution in [1.29, 1.82) is 0 Å². The van der Waals surface area contributed by atoms with Gasteiger partial charge in [0.1, 0.15) is 5.82 Å². The topological polar surface area (TPSA) is 57.8 Å². The third-order valence-electron chi connectivity index (χ3n) is 2.89. The molecular weight excluding hydrogens is 318 g/mol. The molecule has 1 aromatic carbocycles. The van der Waals surface area contributed by atoms with Gasteiger partial charge in [-0.15, -0.1) is 0 Å². The molecule has 0 spiro atoms. The standard InChI is InChI=1S/C15H18BrN3O/c1-2-7-17-10-12-9-15(20)19-14(18-12)8-11-5-3-4-6-13(11)16/h3-6,9,17H,2,7-8,10H2,1H3,(H,18,19,20). The molecular formula is C15H18BrN3O. The van der Waals surface area contributed by atoms with Gasteiger partial charge < -0.3 is 10.3 Å². The monoisotopic (exact) mass is 335 g/mol. The summed E-state index contributed by atoms with van der Waals surface area (Å²) in [6, 6.07) is 9.50. The maximum absolute atomic E-state index is 11.7. The minimum atomic E-state index is -0.102. The van der Waals surface area contributed by atoms with E-state index in [1.54, 1.807) is 6.07 Å². The minimum absolute atomic E-state index is 0.102. The Morgan fingerprint density at radius 3 is 2.90 bits per heavy atom. The molecule has 0 unspecified atom stereocenters. The van der Waals surface area contributed by atoms with E-state index in [4.69, 9.17) is 0 Å². The molecule has 0 amide bonds. The van der Waals surface area contributed by atoms with Crippen molar-refractivity contribution in [3.63, 3.8) is 0 Å². The fourth-order valence-electron chi connectivity index (χ4n) is 1.95. The van der Waals surface area contributed by atoms with E-state index in [1.165, 1.54) is 0 Å². The number of nitrogens with one attached hydrogen (secondary N) is 2. The molecule has 0 radical (unpaired) electrons. The number of H-pyrrole nitrogens is 1. The van der Waals surface area contributed by atoms with Crippen LogP contribution in [0, 0.1) is 0 Å². The molecule has 2 aromatic rings. The molecule has 0 atom stereocenters. The van der Waals surface area contributed by atoms with Crippen molar-refractivity contribution in [2.45, 2.75) is 26.3 Å². The van der Waals surface area contributed by atoms with E-state index >= 15 is 0 Å². The number of rotatable bonds is 6. The second kappa shape index (κ2) is 7.36. The fourth-order valence-corrected chi connectivity index (χ4v) is 2.38. The van der Waals surface area contributed by atoms with Crippen molar-refractivity contribution in [2.24, 2.45) is 0 Å². The van der Waals surface area contributed by atoms with Crippen LogP contribution < -0.4 is 10.9 Å². The molecule has 0 aliphatic rings. The zero-order chi connectivity index (χ0) is 14.4. The number of benzene rings is 1. The number of aromatic nitrogens is 2. The van der Waals surface area contributed by atoms with Gasteiger partial charge in [0.15, 0.2) is 0 Å². The largest absolute Gasteiger partial charge is 0.311 e. The molecule has 2 rings (SSSR count). The first-order valence-electron chi connectivity index (χ1n) is 6.72. The van der Waals surface area contributed by atoms with Crippen molar-refractivity contribution in [3.8, 4) is 0 Å². The van der Waals surface area contributed by atoms with Crippen LogP contribution in [0.5, 0.6) is 0 Å². The van der Waals surface area contributed by atoms with Crippen LogP contribution in [0.4, 0.5) is 0 Å². The fraction of sp³-hybridized carbons (Fsp3) is 0.333. The molecule has 5 heteroatoms. The third kappa shape index (κ3) is 4.28. The van der Waals surface area contributed by atoms with Crippen molar-refractivity contribution in [3.05, 3.63) is 62.2 Å². The van der Waals surface area contributed by atoms with Crippen LogP contribution in [0.15, 0.2) is 39.6 Å². The van der Waals surface area contributed by atoms with Gasteiger partial charge in [-0.25, -0.2) is 4.98 Å². The first kappa shape index (κ1) is 14.9.